The SMILES string of the molecule is CC(C)(C)CCc1ccc(N)nc1. The highest BCUT2D eigenvalue weighted by atomic mass is 14.8. The smallest absolute Gasteiger partial charge is 0.123 e. The largest absolute Gasteiger partial charge is 0.384 e. The fraction of sp³-hybridized carbons (Fsp3) is 0.545. The molecule has 0 fully saturated rings. The number of nitrogen functional groups attached to an aromatic ring is 1. The summed E-state index contributed by atoms with van der Waals surface area (Å²) in [4.78, 5) is 4.06. The maximum atomic E-state index is 5.50. The highest BCUT2D eigenvalue weighted by Gasteiger charge is 2.09. The lowest BCUT2D eigenvalue weighted by molar-refractivity contribution is 0.378. The van der Waals surface area contributed by atoms with Gasteiger partial charge < -0.3 is 5.73 Å². The summed E-state index contributed by atoms with van der Waals surface area (Å²) >= 11 is 0. The van der Waals surface area contributed by atoms with Gasteiger partial charge >= 0.3 is 0 Å². The van der Waals surface area contributed by atoms with Crippen molar-refractivity contribution in [1.82, 2.24) is 4.98 Å². The Morgan fingerprint density at radius 1 is 1.31 bits per heavy atom. The number of nitrogens with zero attached hydrogens (tertiary/aromatic N) is 1. The van der Waals surface area contributed by atoms with Gasteiger partial charge in [0, 0.05) is 6.20 Å². The van der Waals surface area contributed by atoms with Gasteiger partial charge in [-0.3, -0.25) is 0 Å². The van der Waals surface area contributed by atoms with Crippen molar-refractivity contribution in [2.24, 2.45) is 5.41 Å². The molecule has 0 spiro atoms. The Labute approximate surface area is 80.2 Å². The number of aromatic nitrogens is 1. The Morgan fingerprint density at radius 3 is 2.46 bits per heavy atom. The number of nitrogens with two attached hydrogens (primary N) is 1. The first-order valence-corrected chi connectivity index (χ1v) is 4.68. The summed E-state index contributed by atoms with van der Waals surface area (Å²) in [5, 5.41) is 0. The zero-order valence-corrected chi connectivity index (χ0v) is 8.67. The summed E-state index contributed by atoms with van der Waals surface area (Å²) in [6, 6.07) is 3.91. The minimum atomic E-state index is 0.390. The van der Waals surface area contributed by atoms with Crippen LogP contribution in [-0.2, 0) is 6.42 Å². The van der Waals surface area contributed by atoms with Crippen molar-refractivity contribution in [2.75, 3.05) is 5.73 Å². The van der Waals surface area contributed by atoms with Gasteiger partial charge in [-0.1, -0.05) is 26.8 Å². The van der Waals surface area contributed by atoms with E-state index in [2.05, 4.69) is 25.8 Å². The van der Waals surface area contributed by atoms with Crippen LogP contribution >= 0.6 is 0 Å². The summed E-state index contributed by atoms with van der Waals surface area (Å²) in [6.45, 7) is 6.74. The Balaban J connectivity index is 2.51. The fourth-order valence-corrected chi connectivity index (χ4v) is 1.10. The molecule has 72 valence electrons. The van der Waals surface area contributed by atoms with Crippen molar-refractivity contribution in [3.05, 3.63) is 23.9 Å². The second kappa shape index (κ2) is 3.77. The van der Waals surface area contributed by atoms with E-state index >= 15 is 0 Å². The third-order valence-corrected chi connectivity index (χ3v) is 2.01. The van der Waals surface area contributed by atoms with Gasteiger partial charge in [0.2, 0.25) is 0 Å². The molecular weight excluding hydrogens is 160 g/mol. The molecule has 0 unspecified atom stereocenters. The molecular formula is C11H18N2. The van der Waals surface area contributed by atoms with Crippen LogP contribution in [0.15, 0.2) is 18.3 Å². The Morgan fingerprint density at radius 2 is 2.00 bits per heavy atom. The topological polar surface area (TPSA) is 38.9 Å². The molecule has 0 aromatic carbocycles. The fourth-order valence-electron chi connectivity index (χ4n) is 1.10. The average molecular weight is 178 g/mol. The van der Waals surface area contributed by atoms with Crippen molar-refractivity contribution < 1.29 is 0 Å². The first-order valence-electron chi connectivity index (χ1n) is 4.68. The van der Waals surface area contributed by atoms with Crippen molar-refractivity contribution in [3.63, 3.8) is 0 Å². The summed E-state index contributed by atoms with van der Waals surface area (Å²) in [5.74, 6) is 0.597. The van der Waals surface area contributed by atoms with Gasteiger partial charge in [-0.2, -0.15) is 0 Å². The van der Waals surface area contributed by atoms with E-state index in [9.17, 15) is 0 Å². The Bertz CT molecular complexity index is 256. The highest BCUT2D eigenvalue weighted by molar-refractivity contribution is 5.29. The lowest BCUT2D eigenvalue weighted by Crippen LogP contribution is -2.06. The Kier molecular flexibility index (Phi) is 2.91. The van der Waals surface area contributed by atoms with Gasteiger partial charge in [-0.15, -0.1) is 0 Å². The van der Waals surface area contributed by atoms with Crippen LogP contribution in [0.3, 0.4) is 0 Å². The highest BCUT2D eigenvalue weighted by Crippen LogP contribution is 2.21. The van der Waals surface area contributed by atoms with Crippen molar-refractivity contribution >= 4 is 5.82 Å². The number of rotatable bonds is 2. The number of anilines is 1. The van der Waals surface area contributed by atoms with Crippen molar-refractivity contribution in [2.45, 2.75) is 33.6 Å². The first kappa shape index (κ1) is 10.0. The molecule has 1 aromatic rings. The van der Waals surface area contributed by atoms with Gasteiger partial charge in [-0.25, -0.2) is 4.98 Å². The molecule has 1 aromatic heterocycles. The van der Waals surface area contributed by atoms with Gasteiger partial charge in [-0.05, 0) is 29.9 Å². The van der Waals surface area contributed by atoms with Crippen LogP contribution in [0.2, 0.25) is 0 Å². The molecule has 1 rings (SSSR count). The summed E-state index contributed by atoms with van der Waals surface area (Å²) in [5.41, 5.74) is 7.16. The molecule has 2 N–H and O–H groups in total. The lowest BCUT2D eigenvalue weighted by Gasteiger charge is -2.17. The average Bonchev–Trinajstić information content (AvgIpc) is 2.02. The quantitative estimate of drug-likeness (QED) is 0.756. The summed E-state index contributed by atoms with van der Waals surface area (Å²) in [6.07, 6.45) is 4.12. The molecule has 0 aliphatic carbocycles. The van der Waals surface area contributed by atoms with Gasteiger partial charge in [0.25, 0.3) is 0 Å². The zero-order chi connectivity index (χ0) is 9.90. The standard InChI is InChI=1S/C11H18N2/c1-11(2,3)7-6-9-4-5-10(12)13-8-9/h4-5,8H,6-7H2,1-3H3,(H2,12,13). The van der Waals surface area contributed by atoms with Gasteiger partial charge in [0.15, 0.2) is 0 Å². The van der Waals surface area contributed by atoms with E-state index in [1.54, 1.807) is 0 Å². The molecule has 13 heavy (non-hydrogen) atoms. The second-order valence-corrected chi connectivity index (χ2v) is 4.65. The van der Waals surface area contributed by atoms with Crippen molar-refractivity contribution in [1.29, 1.82) is 0 Å². The molecule has 1 heterocycles. The van der Waals surface area contributed by atoms with Crippen LogP contribution in [0.25, 0.3) is 0 Å². The molecule has 0 saturated carbocycles. The molecule has 0 aliphatic rings. The van der Waals surface area contributed by atoms with Crippen LogP contribution in [0.5, 0.6) is 0 Å². The maximum Gasteiger partial charge on any atom is 0.123 e. The summed E-state index contributed by atoms with van der Waals surface area (Å²) < 4.78 is 0. The first-order chi connectivity index (χ1) is 5.97. The van der Waals surface area contributed by atoms with E-state index in [1.165, 1.54) is 12.0 Å². The van der Waals surface area contributed by atoms with E-state index in [1.807, 2.05) is 18.3 Å². The van der Waals surface area contributed by atoms with Crippen LogP contribution in [-0.4, -0.2) is 4.98 Å². The minimum Gasteiger partial charge on any atom is -0.384 e. The molecule has 0 aliphatic heterocycles. The normalized spacial score (nSPS) is 11.6. The molecule has 0 saturated heterocycles. The third kappa shape index (κ3) is 3.92. The second-order valence-electron chi connectivity index (χ2n) is 4.65. The van der Waals surface area contributed by atoms with Gasteiger partial charge in [0.05, 0.1) is 0 Å². The zero-order valence-electron chi connectivity index (χ0n) is 8.67. The molecule has 0 atom stereocenters. The van der Waals surface area contributed by atoms with Crippen LogP contribution < -0.4 is 5.73 Å². The molecule has 2 nitrogen and oxygen atoms in total. The van der Waals surface area contributed by atoms with Gasteiger partial charge in [0.1, 0.15) is 5.82 Å². The van der Waals surface area contributed by atoms with Crippen LogP contribution in [0, 0.1) is 5.41 Å². The minimum absolute atomic E-state index is 0.390. The predicted octanol–water partition coefficient (Wildman–Crippen LogP) is 2.64. The number of pyridine rings is 1. The van der Waals surface area contributed by atoms with E-state index in [0.29, 0.717) is 11.2 Å². The monoisotopic (exact) mass is 178 g/mol. The number of aryl methyl sites for hydroxylation is 1. The molecule has 0 radical (unpaired) electrons. The lowest BCUT2D eigenvalue weighted by atomic mass is 9.89. The van der Waals surface area contributed by atoms with E-state index < -0.39 is 0 Å². The van der Waals surface area contributed by atoms with E-state index in [-0.39, 0.29) is 0 Å². The third-order valence-electron chi connectivity index (χ3n) is 2.01. The van der Waals surface area contributed by atoms with Crippen LogP contribution in [0.4, 0.5) is 5.82 Å². The van der Waals surface area contributed by atoms with E-state index in [0.717, 1.165) is 6.42 Å². The number of hydrogen-bond donors (Lipinski definition) is 1. The molecule has 0 bridgehead atoms. The van der Waals surface area contributed by atoms with Crippen molar-refractivity contribution in [3.8, 4) is 0 Å². The number of hydrogen-bond acceptors (Lipinski definition) is 2. The van der Waals surface area contributed by atoms with Crippen LogP contribution in [0.1, 0.15) is 32.8 Å². The molecule has 0 amide bonds. The molecule has 2 heteroatoms. The Hall–Kier alpha value is -1.05. The van der Waals surface area contributed by atoms with E-state index in [4.69, 9.17) is 5.73 Å². The predicted molar refractivity (Wildman–Crippen MR) is 56.4 cm³/mol. The maximum absolute atomic E-state index is 5.50. The summed E-state index contributed by atoms with van der Waals surface area (Å²) in [7, 11) is 0.